The van der Waals surface area contributed by atoms with Crippen LogP contribution in [0.25, 0.3) is 0 Å². The summed E-state index contributed by atoms with van der Waals surface area (Å²) in [5, 5.41) is 3.90. The van der Waals surface area contributed by atoms with Crippen molar-refractivity contribution in [1.29, 1.82) is 0 Å². The zero-order valence-corrected chi connectivity index (χ0v) is 7.37. The Morgan fingerprint density at radius 2 is 2.10 bits per heavy atom. The minimum absolute atomic E-state index is 0.176. The first kappa shape index (κ1) is 8.08. The molecule has 0 aromatic rings. The summed E-state index contributed by atoms with van der Waals surface area (Å²) < 4.78 is 0. The number of rotatable bonds is 1. The lowest BCUT2D eigenvalue weighted by atomic mass is 10.2. The predicted molar refractivity (Wildman–Crippen MR) is 44.1 cm³/mol. The Balaban J connectivity index is 2.54. The molecule has 0 amide bonds. The van der Waals surface area contributed by atoms with Crippen molar-refractivity contribution in [3.05, 3.63) is 0 Å². The zero-order chi connectivity index (χ0) is 7.72. The molecule has 10 heavy (non-hydrogen) atoms. The fourth-order valence-corrected chi connectivity index (χ4v) is 2.52. The van der Waals surface area contributed by atoms with Crippen LogP contribution in [0.3, 0.4) is 0 Å². The van der Waals surface area contributed by atoms with E-state index in [0.717, 1.165) is 0 Å². The van der Waals surface area contributed by atoms with E-state index >= 15 is 0 Å². The molecule has 0 saturated carbocycles. The minimum Gasteiger partial charge on any atom is -0.301 e. The summed E-state index contributed by atoms with van der Waals surface area (Å²) in [6.07, 6.45) is 0. The van der Waals surface area contributed by atoms with Gasteiger partial charge in [0.2, 0.25) is 0 Å². The van der Waals surface area contributed by atoms with Gasteiger partial charge < -0.3 is 5.32 Å². The molecule has 3 heteroatoms. The zero-order valence-electron chi connectivity index (χ0n) is 6.55. The summed E-state index contributed by atoms with van der Waals surface area (Å²) in [6, 6.07) is 0.345. The molecule has 0 bridgehead atoms. The van der Waals surface area contributed by atoms with Crippen LogP contribution in [-0.4, -0.2) is 22.4 Å². The van der Waals surface area contributed by atoms with E-state index in [2.05, 4.69) is 19.2 Å². The van der Waals surface area contributed by atoms with Crippen molar-refractivity contribution in [1.82, 2.24) is 5.32 Å². The molecule has 0 aromatic heterocycles. The van der Waals surface area contributed by atoms with Crippen LogP contribution in [0.1, 0.15) is 20.8 Å². The van der Waals surface area contributed by atoms with E-state index in [4.69, 9.17) is 0 Å². The summed E-state index contributed by atoms with van der Waals surface area (Å²) in [4.78, 5) is 10.9. The van der Waals surface area contributed by atoms with Gasteiger partial charge in [0.1, 0.15) is 5.78 Å². The number of carbonyl (C=O) groups is 1. The summed E-state index contributed by atoms with van der Waals surface area (Å²) in [5.41, 5.74) is 0. The molecule has 1 N–H and O–H groups in total. The SMILES string of the molecule is CC(=O)C1SC(C)NC1C. The average molecular weight is 159 g/mol. The van der Waals surface area contributed by atoms with Gasteiger partial charge in [0.15, 0.2) is 0 Å². The molecular formula is C7H13NOS. The Kier molecular flexibility index (Phi) is 2.36. The second-order valence-corrected chi connectivity index (χ2v) is 4.25. The van der Waals surface area contributed by atoms with Crippen molar-refractivity contribution < 1.29 is 4.79 Å². The van der Waals surface area contributed by atoms with Crippen LogP contribution in [0.15, 0.2) is 0 Å². The first-order chi connectivity index (χ1) is 4.61. The van der Waals surface area contributed by atoms with E-state index in [-0.39, 0.29) is 11.0 Å². The lowest BCUT2D eigenvalue weighted by Gasteiger charge is -2.08. The molecule has 1 saturated heterocycles. The fraction of sp³-hybridized carbons (Fsp3) is 0.857. The third-order valence-electron chi connectivity index (χ3n) is 1.70. The number of thioether (sulfide) groups is 1. The molecule has 0 aliphatic carbocycles. The second kappa shape index (κ2) is 2.93. The molecule has 0 radical (unpaired) electrons. The number of hydrogen-bond acceptors (Lipinski definition) is 3. The van der Waals surface area contributed by atoms with Gasteiger partial charge in [-0.05, 0) is 20.8 Å². The molecule has 1 aliphatic rings. The summed E-state index contributed by atoms with van der Waals surface area (Å²) in [6.45, 7) is 5.81. The van der Waals surface area contributed by atoms with Gasteiger partial charge >= 0.3 is 0 Å². The highest BCUT2D eigenvalue weighted by Crippen LogP contribution is 2.26. The van der Waals surface area contributed by atoms with E-state index in [1.165, 1.54) is 0 Å². The highest BCUT2D eigenvalue weighted by atomic mass is 32.2. The highest BCUT2D eigenvalue weighted by molar-refractivity contribution is 8.01. The van der Waals surface area contributed by atoms with Gasteiger partial charge in [-0.25, -0.2) is 0 Å². The fourth-order valence-electron chi connectivity index (χ4n) is 1.28. The minimum atomic E-state index is 0.176. The summed E-state index contributed by atoms with van der Waals surface area (Å²) in [7, 11) is 0. The van der Waals surface area contributed by atoms with E-state index in [1.54, 1.807) is 18.7 Å². The normalized spacial score (nSPS) is 40.1. The number of Topliss-reactive ketones (excluding diaryl/α,β-unsaturated/α-hetero) is 1. The van der Waals surface area contributed by atoms with Gasteiger partial charge in [0.05, 0.1) is 10.6 Å². The Morgan fingerprint density at radius 1 is 1.50 bits per heavy atom. The van der Waals surface area contributed by atoms with Crippen molar-refractivity contribution in [3.63, 3.8) is 0 Å². The lowest BCUT2D eigenvalue weighted by Crippen LogP contribution is -2.32. The maximum Gasteiger partial charge on any atom is 0.144 e. The molecule has 0 aromatic carbocycles. The van der Waals surface area contributed by atoms with E-state index in [0.29, 0.717) is 11.4 Å². The van der Waals surface area contributed by atoms with Gasteiger partial charge in [0, 0.05) is 6.04 Å². The molecule has 3 atom stereocenters. The molecule has 1 fully saturated rings. The molecule has 58 valence electrons. The van der Waals surface area contributed by atoms with Crippen LogP contribution in [-0.2, 0) is 4.79 Å². The van der Waals surface area contributed by atoms with Gasteiger partial charge in [-0.3, -0.25) is 4.79 Å². The van der Waals surface area contributed by atoms with E-state index in [1.807, 2.05) is 0 Å². The summed E-state index contributed by atoms with van der Waals surface area (Å²) in [5.74, 6) is 0.286. The maximum absolute atomic E-state index is 10.9. The maximum atomic E-state index is 10.9. The smallest absolute Gasteiger partial charge is 0.144 e. The van der Waals surface area contributed by atoms with E-state index in [9.17, 15) is 4.79 Å². The van der Waals surface area contributed by atoms with Gasteiger partial charge in [-0.2, -0.15) is 0 Å². The van der Waals surface area contributed by atoms with Crippen LogP contribution < -0.4 is 5.32 Å². The van der Waals surface area contributed by atoms with Crippen molar-refractivity contribution in [2.45, 2.75) is 37.4 Å². The van der Waals surface area contributed by atoms with Crippen molar-refractivity contribution in [2.24, 2.45) is 0 Å². The Labute approximate surface area is 65.8 Å². The Morgan fingerprint density at radius 3 is 2.30 bits per heavy atom. The van der Waals surface area contributed by atoms with Gasteiger partial charge in [-0.15, -0.1) is 11.8 Å². The average Bonchev–Trinajstić information content (AvgIpc) is 2.10. The number of nitrogens with one attached hydrogen (secondary N) is 1. The molecule has 1 aliphatic heterocycles. The molecule has 3 unspecified atom stereocenters. The Hall–Kier alpha value is -0.0200. The van der Waals surface area contributed by atoms with Crippen LogP contribution in [0.2, 0.25) is 0 Å². The van der Waals surface area contributed by atoms with Crippen LogP contribution >= 0.6 is 11.8 Å². The van der Waals surface area contributed by atoms with Crippen LogP contribution in [0, 0.1) is 0 Å². The molecule has 2 nitrogen and oxygen atoms in total. The first-order valence-corrected chi connectivity index (χ1v) is 4.47. The molecular weight excluding hydrogens is 146 g/mol. The first-order valence-electron chi connectivity index (χ1n) is 3.53. The Bertz CT molecular complexity index is 149. The standard InChI is InChI=1S/C7H13NOS/c1-4-7(5(2)9)10-6(3)8-4/h4,6-8H,1-3H3. The third kappa shape index (κ3) is 1.52. The van der Waals surface area contributed by atoms with Crippen molar-refractivity contribution >= 4 is 17.5 Å². The number of hydrogen-bond donors (Lipinski definition) is 1. The number of carbonyl (C=O) groups excluding carboxylic acids is 1. The second-order valence-electron chi connectivity index (χ2n) is 2.76. The van der Waals surface area contributed by atoms with Crippen molar-refractivity contribution in [3.8, 4) is 0 Å². The monoisotopic (exact) mass is 159 g/mol. The van der Waals surface area contributed by atoms with Crippen LogP contribution in [0.4, 0.5) is 0 Å². The van der Waals surface area contributed by atoms with E-state index < -0.39 is 0 Å². The van der Waals surface area contributed by atoms with Crippen molar-refractivity contribution in [2.75, 3.05) is 0 Å². The topological polar surface area (TPSA) is 29.1 Å². The van der Waals surface area contributed by atoms with Gasteiger partial charge in [-0.1, -0.05) is 0 Å². The highest BCUT2D eigenvalue weighted by Gasteiger charge is 2.31. The molecule has 0 spiro atoms. The summed E-state index contributed by atoms with van der Waals surface area (Å²) >= 11 is 1.72. The third-order valence-corrected chi connectivity index (χ3v) is 3.28. The quantitative estimate of drug-likeness (QED) is 0.619. The predicted octanol–water partition coefficient (Wildman–Crippen LogP) is 1.01. The number of ketones is 1. The largest absolute Gasteiger partial charge is 0.301 e. The van der Waals surface area contributed by atoms with Crippen LogP contribution in [0.5, 0.6) is 0 Å². The molecule has 1 rings (SSSR count). The van der Waals surface area contributed by atoms with Gasteiger partial charge in [0.25, 0.3) is 0 Å². The molecule has 1 heterocycles. The lowest BCUT2D eigenvalue weighted by molar-refractivity contribution is -0.116.